The molecule has 26 heavy (non-hydrogen) atoms. The van der Waals surface area contributed by atoms with Gasteiger partial charge in [-0.1, -0.05) is 12.1 Å². The van der Waals surface area contributed by atoms with E-state index in [2.05, 4.69) is 15.6 Å². The second kappa shape index (κ2) is 8.08. The van der Waals surface area contributed by atoms with Crippen molar-refractivity contribution in [2.24, 2.45) is 0 Å². The fourth-order valence-corrected chi connectivity index (χ4v) is 3.36. The molecular formula is C20H25N3O3. The summed E-state index contributed by atoms with van der Waals surface area (Å²) in [5.74, 6) is 1.65. The monoisotopic (exact) mass is 355 g/mol. The fourth-order valence-electron chi connectivity index (χ4n) is 3.36. The lowest BCUT2D eigenvalue weighted by molar-refractivity contribution is 0.0929. The number of methoxy groups -OCH3 is 2. The van der Waals surface area contributed by atoms with Crippen LogP contribution in [0.25, 0.3) is 0 Å². The van der Waals surface area contributed by atoms with Crippen LogP contribution in [0.3, 0.4) is 0 Å². The molecule has 2 N–H and O–H groups in total. The Kier molecular flexibility index (Phi) is 5.61. The SMILES string of the molecule is COc1cccc(OC)c1C(=O)N[C@H]1CCC[C@@H]1Nc1ccc(C)cn1. The predicted octanol–water partition coefficient (Wildman–Crippen LogP) is 3.17. The average molecular weight is 355 g/mol. The van der Waals surface area contributed by atoms with Crippen LogP contribution in [0.1, 0.15) is 35.2 Å². The maximum atomic E-state index is 12.9. The number of hydrogen-bond donors (Lipinski definition) is 2. The summed E-state index contributed by atoms with van der Waals surface area (Å²) in [7, 11) is 3.10. The van der Waals surface area contributed by atoms with Crippen molar-refractivity contribution in [1.29, 1.82) is 0 Å². The van der Waals surface area contributed by atoms with Crippen molar-refractivity contribution in [1.82, 2.24) is 10.3 Å². The Morgan fingerprint density at radius 3 is 2.38 bits per heavy atom. The molecule has 1 saturated carbocycles. The molecule has 0 bridgehead atoms. The van der Waals surface area contributed by atoms with Crippen molar-refractivity contribution < 1.29 is 14.3 Å². The van der Waals surface area contributed by atoms with Gasteiger partial charge in [0.05, 0.1) is 14.2 Å². The number of carbonyl (C=O) groups is 1. The lowest BCUT2D eigenvalue weighted by Crippen LogP contribution is -2.43. The van der Waals surface area contributed by atoms with Gasteiger partial charge in [-0.25, -0.2) is 4.98 Å². The molecule has 138 valence electrons. The number of aromatic nitrogens is 1. The van der Waals surface area contributed by atoms with E-state index in [1.807, 2.05) is 25.3 Å². The van der Waals surface area contributed by atoms with E-state index in [4.69, 9.17) is 9.47 Å². The molecule has 0 aliphatic heterocycles. The van der Waals surface area contributed by atoms with Crippen LogP contribution in [0, 0.1) is 6.92 Å². The Morgan fingerprint density at radius 2 is 1.77 bits per heavy atom. The van der Waals surface area contributed by atoms with Gasteiger partial charge in [-0.05, 0) is 49.9 Å². The standard InChI is InChI=1S/C20H25N3O3/c1-13-10-11-18(21-12-13)22-14-6-4-7-15(14)23-20(24)19-16(25-2)8-5-9-17(19)26-3/h5,8-12,14-15H,4,6-7H2,1-3H3,(H,21,22)(H,23,24)/t14-,15-/m0/s1. The molecule has 1 aliphatic carbocycles. The number of benzene rings is 1. The fraction of sp³-hybridized carbons (Fsp3) is 0.400. The Morgan fingerprint density at radius 1 is 1.08 bits per heavy atom. The second-order valence-electron chi connectivity index (χ2n) is 6.52. The van der Waals surface area contributed by atoms with Crippen molar-refractivity contribution >= 4 is 11.7 Å². The molecule has 0 saturated heterocycles. The Labute approximate surface area is 153 Å². The van der Waals surface area contributed by atoms with Crippen molar-refractivity contribution in [3.05, 3.63) is 47.7 Å². The zero-order valence-corrected chi connectivity index (χ0v) is 15.4. The van der Waals surface area contributed by atoms with Gasteiger partial charge in [0, 0.05) is 18.3 Å². The number of ether oxygens (including phenoxy) is 2. The van der Waals surface area contributed by atoms with E-state index < -0.39 is 0 Å². The number of pyridine rings is 1. The zero-order chi connectivity index (χ0) is 18.5. The molecule has 2 aromatic rings. The minimum Gasteiger partial charge on any atom is -0.496 e. The lowest BCUT2D eigenvalue weighted by atomic mass is 10.1. The third kappa shape index (κ3) is 3.90. The van der Waals surface area contributed by atoms with Crippen LogP contribution in [-0.4, -0.2) is 37.2 Å². The van der Waals surface area contributed by atoms with Crippen LogP contribution in [-0.2, 0) is 0 Å². The summed E-state index contributed by atoms with van der Waals surface area (Å²) >= 11 is 0. The number of rotatable bonds is 6. The Balaban J connectivity index is 1.73. The molecule has 0 radical (unpaired) electrons. The number of nitrogens with zero attached hydrogens (tertiary/aromatic N) is 1. The number of aryl methyl sites for hydroxylation is 1. The first kappa shape index (κ1) is 18.0. The average Bonchev–Trinajstić information content (AvgIpc) is 3.09. The van der Waals surface area contributed by atoms with Crippen LogP contribution < -0.4 is 20.1 Å². The quantitative estimate of drug-likeness (QED) is 0.833. The van der Waals surface area contributed by atoms with E-state index in [-0.39, 0.29) is 18.0 Å². The highest BCUT2D eigenvalue weighted by Crippen LogP contribution is 2.29. The maximum absolute atomic E-state index is 12.9. The van der Waals surface area contributed by atoms with Gasteiger partial charge in [0.15, 0.2) is 0 Å². The summed E-state index contributed by atoms with van der Waals surface area (Å²) in [6.45, 7) is 2.01. The molecule has 1 heterocycles. The van der Waals surface area contributed by atoms with Crippen LogP contribution in [0.15, 0.2) is 36.5 Å². The predicted molar refractivity (Wildman–Crippen MR) is 101 cm³/mol. The highest BCUT2D eigenvalue weighted by Gasteiger charge is 2.30. The number of nitrogens with one attached hydrogen (secondary N) is 2. The topological polar surface area (TPSA) is 72.5 Å². The van der Waals surface area contributed by atoms with Crippen LogP contribution in [0.5, 0.6) is 11.5 Å². The molecule has 2 atom stereocenters. The molecule has 1 aromatic carbocycles. The molecule has 1 aromatic heterocycles. The minimum absolute atomic E-state index is 0.0280. The lowest BCUT2D eigenvalue weighted by Gasteiger charge is -2.23. The van der Waals surface area contributed by atoms with Crippen molar-refractivity contribution in [3.63, 3.8) is 0 Å². The third-order valence-electron chi connectivity index (χ3n) is 4.73. The second-order valence-corrected chi connectivity index (χ2v) is 6.52. The first-order valence-electron chi connectivity index (χ1n) is 8.83. The molecule has 3 rings (SSSR count). The van der Waals surface area contributed by atoms with Gasteiger partial charge in [-0.2, -0.15) is 0 Å². The Bertz CT molecular complexity index is 739. The molecule has 6 heteroatoms. The van der Waals surface area contributed by atoms with Gasteiger partial charge in [-0.15, -0.1) is 0 Å². The number of amides is 1. The number of anilines is 1. The molecule has 1 fully saturated rings. The largest absolute Gasteiger partial charge is 0.496 e. The van der Waals surface area contributed by atoms with Crippen molar-refractivity contribution in [3.8, 4) is 11.5 Å². The number of carbonyl (C=O) groups excluding carboxylic acids is 1. The van der Waals surface area contributed by atoms with Crippen LogP contribution >= 0.6 is 0 Å². The van der Waals surface area contributed by atoms with Gasteiger partial charge in [-0.3, -0.25) is 4.79 Å². The molecule has 6 nitrogen and oxygen atoms in total. The van der Waals surface area contributed by atoms with Gasteiger partial charge < -0.3 is 20.1 Å². The van der Waals surface area contributed by atoms with E-state index in [9.17, 15) is 4.79 Å². The van der Waals surface area contributed by atoms with E-state index in [0.717, 1.165) is 30.6 Å². The summed E-state index contributed by atoms with van der Waals surface area (Å²) in [6, 6.07) is 9.50. The Hall–Kier alpha value is -2.76. The van der Waals surface area contributed by atoms with Gasteiger partial charge in [0.25, 0.3) is 5.91 Å². The van der Waals surface area contributed by atoms with Crippen LogP contribution in [0.4, 0.5) is 5.82 Å². The van der Waals surface area contributed by atoms with E-state index in [0.29, 0.717) is 17.1 Å². The normalized spacial score (nSPS) is 19.0. The highest BCUT2D eigenvalue weighted by atomic mass is 16.5. The summed E-state index contributed by atoms with van der Waals surface area (Å²) in [4.78, 5) is 17.3. The maximum Gasteiger partial charge on any atom is 0.259 e. The number of hydrogen-bond acceptors (Lipinski definition) is 5. The third-order valence-corrected chi connectivity index (χ3v) is 4.73. The van der Waals surface area contributed by atoms with Crippen LogP contribution in [0.2, 0.25) is 0 Å². The van der Waals surface area contributed by atoms with E-state index in [1.165, 1.54) is 0 Å². The summed E-state index contributed by atoms with van der Waals surface area (Å²) in [5, 5.41) is 6.58. The first-order valence-corrected chi connectivity index (χ1v) is 8.83. The van der Waals surface area contributed by atoms with Gasteiger partial charge >= 0.3 is 0 Å². The smallest absolute Gasteiger partial charge is 0.259 e. The molecule has 0 unspecified atom stereocenters. The molecule has 1 aliphatic rings. The van der Waals surface area contributed by atoms with Crippen molar-refractivity contribution in [2.75, 3.05) is 19.5 Å². The first-order chi connectivity index (χ1) is 12.6. The summed E-state index contributed by atoms with van der Waals surface area (Å²) in [6.07, 6.45) is 4.80. The van der Waals surface area contributed by atoms with Gasteiger partial charge in [0.1, 0.15) is 22.9 Å². The summed E-state index contributed by atoms with van der Waals surface area (Å²) in [5.41, 5.74) is 1.55. The zero-order valence-electron chi connectivity index (χ0n) is 15.4. The van der Waals surface area contributed by atoms with E-state index in [1.54, 1.807) is 32.4 Å². The molecule has 1 amide bonds. The summed E-state index contributed by atoms with van der Waals surface area (Å²) < 4.78 is 10.7. The highest BCUT2D eigenvalue weighted by molar-refractivity contribution is 6.00. The van der Waals surface area contributed by atoms with Crippen molar-refractivity contribution in [2.45, 2.75) is 38.3 Å². The van der Waals surface area contributed by atoms with Gasteiger partial charge in [0.2, 0.25) is 0 Å². The molecular weight excluding hydrogens is 330 g/mol. The molecule has 0 spiro atoms. The van der Waals surface area contributed by atoms with E-state index >= 15 is 0 Å². The minimum atomic E-state index is -0.185.